The Hall–Kier alpha value is -4.06. The number of methoxy groups -OCH3 is 2. The maximum atomic E-state index is 13.0. The predicted molar refractivity (Wildman–Crippen MR) is 121 cm³/mol. The van der Waals surface area contributed by atoms with Gasteiger partial charge < -0.3 is 20.1 Å². The molecule has 0 aliphatic rings. The first kappa shape index (κ1) is 21.6. The molecule has 0 heterocycles. The fraction of sp³-hybridized carbons (Fsp3) is 0.120. The third-order valence-electron chi connectivity index (χ3n) is 4.55. The molecule has 0 bridgehead atoms. The number of ether oxygens (including phenoxy) is 2. The first-order valence-corrected chi connectivity index (χ1v) is 9.68. The van der Waals surface area contributed by atoms with E-state index >= 15 is 0 Å². The van der Waals surface area contributed by atoms with Gasteiger partial charge in [0.2, 0.25) is 0 Å². The van der Waals surface area contributed by atoms with Crippen LogP contribution < -0.4 is 20.1 Å². The van der Waals surface area contributed by atoms with Crippen LogP contribution in [0.3, 0.4) is 0 Å². The zero-order valence-corrected chi connectivity index (χ0v) is 17.6. The van der Waals surface area contributed by atoms with Crippen LogP contribution in [0.2, 0.25) is 0 Å². The van der Waals surface area contributed by atoms with Crippen molar-refractivity contribution < 1.29 is 19.1 Å². The zero-order chi connectivity index (χ0) is 22.2. The molecule has 0 radical (unpaired) electrons. The van der Waals surface area contributed by atoms with Crippen LogP contribution in [0.5, 0.6) is 11.5 Å². The lowest BCUT2D eigenvalue weighted by Gasteiger charge is -2.13. The topological polar surface area (TPSA) is 76.7 Å². The number of amides is 2. The van der Waals surface area contributed by atoms with E-state index in [9.17, 15) is 9.59 Å². The van der Waals surface area contributed by atoms with Gasteiger partial charge in [-0.2, -0.15) is 0 Å². The number of carbonyl (C=O) groups excluding carboxylic acids is 2. The van der Waals surface area contributed by atoms with Crippen molar-refractivity contribution in [1.29, 1.82) is 0 Å². The summed E-state index contributed by atoms with van der Waals surface area (Å²) in [7, 11) is 3.09. The van der Waals surface area contributed by atoms with Gasteiger partial charge in [-0.3, -0.25) is 9.59 Å². The molecule has 0 spiro atoms. The van der Waals surface area contributed by atoms with Gasteiger partial charge in [-0.15, -0.1) is 0 Å². The van der Waals surface area contributed by atoms with E-state index in [1.54, 1.807) is 61.7 Å². The lowest BCUT2D eigenvalue weighted by molar-refractivity contribution is -0.113. The fourth-order valence-corrected chi connectivity index (χ4v) is 2.95. The number of anilines is 1. The van der Waals surface area contributed by atoms with E-state index in [-0.39, 0.29) is 11.6 Å². The monoisotopic (exact) mass is 416 g/mol. The van der Waals surface area contributed by atoms with Crippen molar-refractivity contribution in [3.8, 4) is 11.5 Å². The summed E-state index contributed by atoms with van der Waals surface area (Å²) in [6.45, 7) is 1.90. The highest BCUT2D eigenvalue weighted by Crippen LogP contribution is 2.26. The molecule has 31 heavy (non-hydrogen) atoms. The molecule has 6 heteroatoms. The SMILES string of the molecule is COc1ccc(/C=C(\NC(=O)c2cccc(C)c2)C(=O)Nc2ccccc2)c(OC)c1. The summed E-state index contributed by atoms with van der Waals surface area (Å²) in [5.41, 5.74) is 2.72. The molecule has 2 N–H and O–H groups in total. The largest absolute Gasteiger partial charge is 0.497 e. The molecule has 6 nitrogen and oxygen atoms in total. The van der Waals surface area contributed by atoms with E-state index in [0.717, 1.165) is 5.56 Å². The summed E-state index contributed by atoms with van der Waals surface area (Å²) in [6.07, 6.45) is 1.57. The lowest BCUT2D eigenvalue weighted by atomic mass is 10.1. The van der Waals surface area contributed by atoms with Gasteiger partial charge in [0.05, 0.1) is 14.2 Å². The van der Waals surface area contributed by atoms with Gasteiger partial charge in [-0.05, 0) is 49.4 Å². The quantitative estimate of drug-likeness (QED) is 0.559. The summed E-state index contributed by atoms with van der Waals surface area (Å²) in [6, 6.07) is 21.4. The fourth-order valence-electron chi connectivity index (χ4n) is 2.95. The molecule has 0 aliphatic carbocycles. The van der Waals surface area contributed by atoms with Gasteiger partial charge >= 0.3 is 0 Å². The summed E-state index contributed by atoms with van der Waals surface area (Å²) in [5, 5.41) is 5.54. The van der Waals surface area contributed by atoms with Crippen LogP contribution in [0.1, 0.15) is 21.5 Å². The van der Waals surface area contributed by atoms with E-state index in [0.29, 0.717) is 28.3 Å². The Morgan fingerprint density at radius 2 is 1.65 bits per heavy atom. The third kappa shape index (κ3) is 5.73. The minimum atomic E-state index is -0.454. The third-order valence-corrected chi connectivity index (χ3v) is 4.55. The number of nitrogens with one attached hydrogen (secondary N) is 2. The molecule has 0 aromatic heterocycles. The second kappa shape index (κ2) is 10.1. The molecule has 0 unspecified atom stereocenters. The van der Waals surface area contributed by atoms with Crippen molar-refractivity contribution in [1.82, 2.24) is 5.32 Å². The number of aryl methyl sites for hydroxylation is 1. The summed E-state index contributed by atoms with van der Waals surface area (Å²) >= 11 is 0. The van der Waals surface area contributed by atoms with Gasteiger partial charge in [0.25, 0.3) is 11.8 Å². The highest BCUT2D eigenvalue weighted by molar-refractivity contribution is 6.10. The van der Waals surface area contributed by atoms with E-state index < -0.39 is 5.91 Å². The molecule has 0 saturated heterocycles. The van der Waals surface area contributed by atoms with Crippen molar-refractivity contribution >= 4 is 23.6 Å². The number of rotatable bonds is 7. The van der Waals surface area contributed by atoms with Crippen molar-refractivity contribution in [2.45, 2.75) is 6.92 Å². The van der Waals surface area contributed by atoms with E-state index in [1.807, 2.05) is 31.2 Å². The number of carbonyl (C=O) groups is 2. The highest BCUT2D eigenvalue weighted by Gasteiger charge is 2.16. The van der Waals surface area contributed by atoms with Gasteiger partial charge in [-0.1, -0.05) is 35.9 Å². The lowest BCUT2D eigenvalue weighted by Crippen LogP contribution is -2.30. The van der Waals surface area contributed by atoms with Gasteiger partial charge in [0.1, 0.15) is 17.2 Å². The summed E-state index contributed by atoms with van der Waals surface area (Å²) in [5.74, 6) is 0.290. The van der Waals surface area contributed by atoms with Crippen LogP contribution in [0.4, 0.5) is 5.69 Å². The Morgan fingerprint density at radius 3 is 2.32 bits per heavy atom. The average Bonchev–Trinajstić information content (AvgIpc) is 2.79. The van der Waals surface area contributed by atoms with Gasteiger partial charge in [0, 0.05) is 22.9 Å². The first-order chi connectivity index (χ1) is 15.0. The Kier molecular flexibility index (Phi) is 7.06. The van der Waals surface area contributed by atoms with Crippen LogP contribution in [0, 0.1) is 6.92 Å². The number of hydrogen-bond acceptors (Lipinski definition) is 4. The molecule has 3 aromatic rings. The minimum absolute atomic E-state index is 0.0822. The summed E-state index contributed by atoms with van der Waals surface area (Å²) in [4.78, 5) is 25.8. The predicted octanol–water partition coefficient (Wildman–Crippen LogP) is 4.42. The van der Waals surface area contributed by atoms with Crippen LogP contribution in [-0.2, 0) is 4.79 Å². The number of hydrogen-bond donors (Lipinski definition) is 2. The molecule has 0 atom stereocenters. The van der Waals surface area contributed by atoms with E-state index in [1.165, 1.54) is 7.11 Å². The molecular formula is C25H24N2O4. The van der Waals surface area contributed by atoms with Crippen LogP contribution in [0.15, 0.2) is 78.5 Å². The van der Waals surface area contributed by atoms with Gasteiger partial charge in [-0.25, -0.2) is 0 Å². The minimum Gasteiger partial charge on any atom is -0.497 e. The Labute approximate surface area is 181 Å². The Bertz CT molecular complexity index is 1110. The standard InChI is InChI=1S/C25H24N2O4/c1-17-8-7-9-19(14-17)24(28)27-22(25(29)26-20-10-5-4-6-11-20)15-18-12-13-21(30-2)16-23(18)31-3/h4-16H,1-3H3,(H,26,29)(H,27,28)/b22-15-. The zero-order valence-electron chi connectivity index (χ0n) is 17.6. The van der Waals surface area contributed by atoms with Crippen LogP contribution in [0.25, 0.3) is 6.08 Å². The smallest absolute Gasteiger partial charge is 0.272 e. The molecule has 158 valence electrons. The van der Waals surface area contributed by atoms with Crippen LogP contribution in [-0.4, -0.2) is 26.0 Å². The Balaban J connectivity index is 1.96. The highest BCUT2D eigenvalue weighted by atomic mass is 16.5. The normalized spacial score (nSPS) is 10.9. The van der Waals surface area contributed by atoms with Gasteiger partial charge in [0.15, 0.2) is 0 Å². The molecule has 0 fully saturated rings. The maximum Gasteiger partial charge on any atom is 0.272 e. The molecule has 2 amide bonds. The summed E-state index contributed by atoms with van der Waals surface area (Å²) < 4.78 is 10.7. The molecular weight excluding hydrogens is 392 g/mol. The maximum absolute atomic E-state index is 13.0. The van der Waals surface area contributed by atoms with Crippen molar-refractivity contribution in [3.63, 3.8) is 0 Å². The number of para-hydroxylation sites is 1. The van der Waals surface area contributed by atoms with E-state index in [2.05, 4.69) is 10.6 Å². The molecule has 0 saturated carbocycles. The van der Waals surface area contributed by atoms with Crippen molar-refractivity contribution in [3.05, 3.63) is 95.2 Å². The van der Waals surface area contributed by atoms with Crippen molar-refractivity contribution in [2.75, 3.05) is 19.5 Å². The first-order valence-electron chi connectivity index (χ1n) is 9.68. The van der Waals surface area contributed by atoms with Crippen molar-refractivity contribution in [2.24, 2.45) is 0 Å². The molecule has 0 aliphatic heterocycles. The number of benzene rings is 3. The van der Waals surface area contributed by atoms with E-state index in [4.69, 9.17) is 9.47 Å². The molecule has 3 aromatic carbocycles. The Morgan fingerprint density at radius 1 is 0.871 bits per heavy atom. The van der Waals surface area contributed by atoms with Crippen LogP contribution >= 0.6 is 0 Å². The molecule has 3 rings (SSSR count). The second-order valence-corrected chi connectivity index (χ2v) is 6.81. The second-order valence-electron chi connectivity index (χ2n) is 6.81. The average molecular weight is 416 g/mol.